The average molecular weight is 252 g/mol. The number of aryl methyl sites for hydroxylation is 1. The number of hydrogen-bond donors (Lipinski definition) is 1. The molecule has 0 aliphatic rings. The van der Waals surface area contributed by atoms with Crippen molar-refractivity contribution in [2.75, 3.05) is 7.05 Å². The van der Waals surface area contributed by atoms with Crippen LogP contribution >= 0.6 is 0 Å². The van der Waals surface area contributed by atoms with E-state index in [2.05, 4.69) is 10.3 Å². The van der Waals surface area contributed by atoms with E-state index in [1.165, 1.54) is 12.3 Å². The van der Waals surface area contributed by atoms with Crippen LogP contribution in [0.5, 0.6) is 0 Å². The number of rotatable bonds is 3. The van der Waals surface area contributed by atoms with Gasteiger partial charge in [-0.3, -0.25) is 0 Å². The summed E-state index contributed by atoms with van der Waals surface area (Å²) in [5.74, 6) is -0.459. The van der Waals surface area contributed by atoms with Gasteiger partial charge in [-0.15, -0.1) is 0 Å². The van der Waals surface area contributed by atoms with Crippen molar-refractivity contribution >= 4 is 0 Å². The zero-order valence-electron chi connectivity index (χ0n) is 10.4. The van der Waals surface area contributed by atoms with Gasteiger partial charge in [-0.1, -0.05) is 0 Å². The second-order valence-electron chi connectivity index (χ2n) is 4.15. The smallest absolute Gasteiger partial charge is 0.211 e. The molecular weight excluding hydrogens is 238 g/mol. The van der Waals surface area contributed by atoms with Crippen molar-refractivity contribution in [2.45, 2.75) is 19.9 Å². The van der Waals surface area contributed by atoms with Crippen LogP contribution in [0.15, 0.2) is 22.7 Å². The molecule has 3 nitrogen and oxygen atoms in total. The molecule has 96 valence electrons. The minimum absolute atomic E-state index is 0.0663. The molecule has 1 N–H and O–H groups in total. The van der Waals surface area contributed by atoms with Gasteiger partial charge in [-0.2, -0.15) is 0 Å². The summed E-state index contributed by atoms with van der Waals surface area (Å²) in [5, 5.41) is 2.97. The van der Waals surface area contributed by atoms with Crippen molar-refractivity contribution < 1.29 is 13.2 Å². The molecule has 1 atom stereocenters. The zero-order valence-corrected chi connectivity index (χ0v) is 10.4. The van der Waals surface area contributed by atoms with Gasteiger partial charge >= 0.3 is 0 Å². The molecule has 1 unspecified atom stereocenters. The molecule has 2 rings (SSSR count). The highest BCUT2D eigenvalue weighted by Crippen LogP contribution is 2.27. The molecule has 0 spiro atoms. The number of benzene rings is 1. The Labute approximate surface area is 104 Å². The van der Waals surface area contributed by atoms with Crippen LogP contribution in [-0.4, -0.2) is 12.0 Å². The molecule has 5 heteroatoms. The van der Waals surface area contributed by atoms with E-state index in [1.54, 1.807) is 14.0 Å². The molecular formula is C13H14F2N2O. The second kappa shape index (κ2) is 4.86. The van der Waals surface area contributed by atoms with Crippen LogP contribution in [0.25, 0.3) is 11.3 Å². The quantitative estimate of drug-likeness (QED) is 0.911. The van der Waals surface area contributed by atoms with Gasteiger partial charge in [0.1, 0.15) is 11.6 Å². The molecule has 0 aliphatic carbocycles. The van der Waals surface area contributed by atoms with E-state index in [-0.39, 0.29) is 11.6 Å². The number of nitrogens with zero attached hydrogens (tertiary/aromatic N) is 1. The molecule has 0 bridgehead atoms. The number of oxazole rings is 1. The summed E-state index contributed by atoms with van der Waals surface area (Å²) in [6.07, 6.45) is 1.44. The van der Waals surface area contributed by atoms with E-state index in [9.17, 15) is 8.78 Å². The maximum absolute atomic E-state index is 13.7. The van der Waals surface area contributed by atoms with Gasteiger partial charge in [0.05, 0.1) is 17.8 Å². The summed E-state index contributed by atoms with van der Waals surface area (Å²) in [7, 11) is 1.77. The highest BCUT2D eigenvalue weighted by atomic mass is 19.1. The fourth-order valence-electron chi connectivity index (χ4n) is 1.58. The van der Waals surface area contributed by atoms with Crippen molar-refractivity contribution in [3.63, 3.8) is 0 Å². The maximum Gasteiger partial charge on any atom is 0.211 e. The van der Waals surface area contributed by atoms with Crippen LogP contribution in [0, 0.1) is 18.6 Å². The maximum atomic E-state index is 13.7. The summed E-state index contributed by atoms with van der Waals surface area (Å²) in [6.45, 7) is 3.45. The molecule has 0 aliphatic heterocycles. The Balaban J connectivity index is 2.43. The Hall–Kier alpha value is -1.75. The van der Waals surface area contributed by atoms with Crippen LogP contribution in [0.3, 0.4) is 0 Å². The Morgan fingerprint density at radius 1 is 1.28 bits per heavy atom. The Morgan fingerprint density at radius 3 is 2.67 bits per heavy atom. The molecule has 0 radical (unpaired) electrons. The van der Waals surface area contributed by atoms with Gasteiger partial charge in [0.15, 0.2) is 5.76 Å². The highest BCUT2D eigenvalue weighted by molar-refractivity contribution is 5.58. The van der Waals surface area contributed by atoms with Crippen molar-refractivity contribution in [1.82, 2.24) is 10.3 Å². The third kappa shape index (κ3) is 2.26. The number of hydrogen-bond acceptors (Lipinski definition) is 3. The summed E-state index contributed by atoms with van der Waals surface area (Å²) in [6, 6.07) is 2.20. The second-order valence-corrected chi connectivity index (χ2v) is 4.15. The summed E-state index contributed by atoms with van der Waals surface area (Å²) in [5.41, 5.74) is 0.585. The third-order valence-corrected chi connectivity index (χ3v) is 2.84. The normalized spacial score (nSPS) is 12.7. The summed E-state index contributed by atoms with van der Waals surface area (Å²) in [4.78, 5) is 4.07. The van der Waals surface area contributed by atoms with Crippen LogP contribution in [0.4, 0.5) is 8.78 Å². The summed E-state index contributed by atoms with van der Waals surface area (Å²) >= 11 is 0. The molecule has 0 saturated carbocycles. The fourth-order valence-corrected chi connectivity index (χ4v) is 1.58. The zero-order chi connectivity index (χ0) is 13.3. The summed E-state index contributed by atoms with van der Waals surface area (Å²) < 4.78 is 32.3. The topological polar surface area (TPSA) is 38.1 Å². The van der Waals surface area contributed by atoms with Crippen molar-refractivity contribution in [1.29, 1.82) is 0 Å². The van der Waals surface area contributed by atoms with Gasteiger partial charge in [-0.25, -0.2) is 13.8 Å². The van der Waals surface area contributed by atoms with Crippen molar-refractivity contribution in [3.05, 3.63) is 41.4 Å². The van der Waals surface area contributed by atoms with E-state index in [1.807, 2.05) is 6.92 Å². The molecule has 2 aromatic rings. The molecule has 18 heavy (non-hydrogen) atoms. The van der Waals surface area contributed by atoms with Crippen LogP contribution < -0.4 is 5.32 Å². The van der Waals surface area contributed by atoms with E-state index >= 15 is 0 Å². The van der Waals surface area contributed by atoms with E-state index in [4.69, 9.17) is 4.42 Å². The number of nitrogens with one attached hydrogen (secondary N) is 1. The average Bonchev–Trinajstić information content (AvgIpc) is 2.82. The minimum Gasteiger partial charge on any atom is -0.439 e. The molecule has 0 amide bonds. The first-order valence-electron chi connectivity index (χ1n) is 5.62. The monoisotopic (exact) mass is 252 g/mol. The van der Waals surface area contributed by atoms with E-state index in [0.29, 0.717) is 17.2 Å². The standard InChI is InChI=1S/C13H14F2N2O/c1-7-4-9(11(15)5-10(7)14)12-6-17-13(18-12)8(2)16-3/h4-6,8,16H,1-3H3. The van der Waals surface area contributed by atoms with E-state index in [0.717, 1.165) is 6.07 Å². The van der Waals surface area contributed by atoms with Crippen LogP contribution in [0.2, 0.25) is 0 Å². The first-order valence-corrected chi connectivity index (χ1v) is 5.62. The SMILES string of the molecule is CNC(C)c1ncc(-c2cc(C)c(F)cc2F)o1. The predicted octanol–water partition coefficient (Wildman–Crippen LogP) is 3.21. The van der Waals surface area contributed by atoms with Gasteiger partial charge in [0.25, 0.3) is 0 Å². The number of aromatic nitrogens is 1. The van der Waals surface area contributed by atoms with Gasteiger partial charge in [-0.05, 0) is 32.5 Å². The first-order chi connectivity index (χ1) is 8.52. The molecule has 1 heterocycles. The molecule has 0 fully saturated rings. The largest absolute Gasteiger partial charge is 0.439 e. The Kier molecular flexibility index (Phi) is 3.43. The van der Waals surface area contributed by atoms with Crippen LogP contribution in [0.1, 0.15) is 24.4 Å². The van der Waals surface area contributed by atoms with Crippen molar-refractivity contribution in [3.8, 4) is 11.3 Å². The van der Waals surface area contributed by atoms with Gasteiger partial charge in [0, 0.05) is 6.07 Å². The highest BCUT2D eigenvalue weighted by Gasteiger charge is 2.15. The number of halogens is 2. The fraction of sp³-hybridized carbons (Fsp3) is 0.308. The predicted molar refractivity (Wildman–Crippen MR) is 64.1 cm³/mol. The lowest BCUT2D eigenvalue weighted by Gasteiger charge is -2.05. The lowest BCUT2D eigenvalue weighted by atomic mass is 10.1. The minimum atomic E-state index is -0.655. The Morgan fingerprint density at radius 2 is 2.00 bits per heavy atom. The molecule has 1 aromatic carbocycles. The molecule has 1 aromatic heterocycles. The lowest BCUT2D eigenvalue weighted by Crippen LogP contribution is -2.12. The van der Waals surface area contributed by atoms with Gasteiger partial charge in [0.2, 0.25) is 5.89 Å². The first kappa shape index (κ1) is 12.7. The van der Waals surface area contributed by atoms with Crippen molar-refractivity contribution in [2.24, 2.45) is 0 Å². The van der Waals surface area contributed by atoms with E-state index < -0.39 is 11.6 Å². The van der Waals surface area contributed by atoms with Gasteiger partial charge < -0.3 is 9.73 Å². The molecule has 0 saturated heterocycles. The Bertz CT molecular complexity index is 566. The lowest BCUT2D eigenvalue weighted by molar-refractivity contribution is 0.439. The van der Waals surface area contributed by atoms with Crippen LogP contribution in [-0.2, 0) is 0 Å². The third-order valence-electron chi connectivity index (χ3n) is 2.84.